The van der Waals surface area contributed by atoms with Crippen LogP contribution in [-0.4, -0.2) is 35.5 Å². The van der Waals surface area contributed by atoms with E-state index in [2.05, 4.69) is 10.1 Å². The fourth-order valence-corrected chi connectivity index (χ4v) is 2.92. The minimum Gasteiger partial charge on any atom is -0.356 e. The zero-order valence-corrected chi connectivity index (χ0v) is 12.8. The van der Waals surface area contributed by atoms with Crippen molar-refractivity contribution in [1.29, 1.82) is 0 Å². The molecule has 3 rings (SSSR count). The van der Waals surface area contributed by atoms with Crippen molar-refractivity contribution >= 4 is 5.78 Å². The molecule has 0 N–H and O–H groups in total. The van der Waals surface area contributed by atoms with Gasteiger partial charge in [-0.15, -0.1) is 0 Å². The highest BCUT2D eigenvalue weighted by Gasteiger charge is 2.15. The quantitative estimate of drug-likeness (QED) is 0.761. The lowest BCUT2D eigenvalue weighted by Gasteiger charge is -2.26. The highest BCUT2D eigenvalue weighted by molar-refractivity contribution is 5.94. The molecule has 0 atom stereocenters. The van der Waals surface area contributed by atoms with Crippen LogP contribution >= 0.6 is 0 Å². The van der Waals surface area contributed by atoms with Crippen LogP contribution in [0.1, 0.15) is 42.6 Å². The summed E-state index contributed by atoms with van der Waals surface area (Å²) in [6.45, 7) is 3.36. The molecule has 0 unspecified atom stereocenters. The van der Waals surface area contributed by atoms with E-state index in [1.54, 1.807) is 6.07 Å². The van der Waals surface area contributed by atoms with Crippen molar-refractivity contribution in [3.63, 3.8) is 0 Å². The Hall–Kier alpha value is -1.94. The predicted octanol–water partition coefficient (Wildman–Crippen LogP) is 3.79. The van der Waals surface area contributed by atoms with E-state index in [0.717, 1.165) is 18.5 Å². The number of carbonyl (C=O) groups excluding carboxylic acids is 1. The molecule has 1 aliphatic heterocycles. The number of Topliss-reactive ketones (excluding diaryl/α,β-unsaturated/α-hetero) is 1. The third-order valence-corrected chi connectivity index (χ3v) is 4.18. The molecule has 1 fully saturated rings. The van der Waals surface area contributed by atoms with Crippen molar-refractivity contribution in [2.45, 2.75) is 32.1 Å². The summed E-state index contributed by atoms with van der Waals surface area (Å²) in [6.07, 6.45) is 5.36. The number of benzene rings is 1. The van der Waals surface area contributed by atoms with Crippen LogP contribution in [0.5, 0.6) is 0 Å². The molecule has 1 aromatic carbocycles. The Kier molecular flexibility index (Phi) is 5.01. The van der Waals surface area contributed by atoms with Gasteiger partial charge in [0.05, 0.1) is 0 Å². The number of hydrogen-bond acceptors (Lipinski definition) is 4. The van der Waals surface area contributed by atoms with Crippen molar-refractivity contribution in [2.75, 3.05) is 19.6 Å². The lowest BCUT2D eigenvalue weighted by molar-refractivity contribution is 0.0964. The van der Waals surface area contributed by atoms with Gasteiger partial charge in [0, 0.05) is 18.1 Å². The first-order chi connectivity index (χ1) is 10.8. The summed E-state index contributed by atoms with van der Waals surface area (Å²) in [6, 6.07) is 11.5. The van der Waals surface area contributed by atoms with Crippen LogP contribution in [0.15, 0.2) is 40.9 Å². The smallest absolute Gasteiger partial charge is 0.184 e. The van der Waals surface area contributed by atoms with E-state index in [0.29, 0.717) is 17.9 Å². The second-order valence-electron chi connectivity index (χ2n) is 5.87. The fraction of sp³-hybridized carbons (Fsp3) is 0.444. The SMILES string of the molecule is O=C(CCCN1CCCCC1)c1cc(-c2ccccc2)on1. The minimum atomic E-state index is 0.0722. The first-order valence-electron chi connectivity index (χ1n) is 8.10. The largest absolute Gasteiger partial charge is 0.356 e. The Bertz CT molecular complexity index is 601. The van der Waals surface area contributed by atoms with Crippen molar-refractivity contribution in [2.24, 2.45) is 0 Å². The molecule has 4 nitrogen and oxygen atoms in total. The lowest BCUT2D eigenvalue weighted by atomic mass is 10.1. The first kappa shape index (κ1) is 15.0. The van der Waals surface area contributed by atoms with Gasteiger partial charge in [0.15, 0.2) is 11.5 Å². The molecule has 0 saturated carbocycles. The number of aromatic nitrogens is 1. The second kappa shape index (κ2) is 7.36. The summed E-state index contributed by atoms with van der Waals surface area (Å²) < 4.78 is 5.29. The van der Waals surface area contributed by atoms with Crippen molar-refractivity contribution in [1.82, 2.24) is 10.1 Å². The summed E-state index contributed by atoms with van der Waals surface area (Å²) in [5.74, 6) is 0.725. The van der Waals surface area contributed by atoms with Crippen molar-refractivity contribution < 1.29 is 9.32 Å². The van der Waals surface area contributed by atoms with Crippen LogP contribution in [0.3, 0.4) is 0 Å². The van der Waals surface area contributed by atoms with Crippen LogP contribution in [0.2, 0.25) is 0 Å². The van der Waals surface area contributed by atoms with Gasteiger partial charge in [0.2, 0.25) is 0 Å². The summed E-state index contributed by atoms with van der Waals surface area (Å²) in [7, 11) is 0. The molecule has 1 saturated heterocycles. The van der Waals surface area contributed by atoms with Gasteiger partial charge in [0.25, 0.3) is 0 Å². The number of hydrogen-bond donors (Lipinski definition) is 0. The molecular weight excluding hydrogens is 276 g/mol. The maximum absolute atomic E-state index is 12.2. The standard InChI is InChI=1S/C18H22N2O2/c21-17(10-7-13-20-11-5-2-6-12-20)16-14-18(22-19-16)15-8-3-1-4-9-15/h1,3-4,8-9,14H,2,5-7,10-13H2. The predicted molar refractivity (Wildman–Crippen MR) is 85.8 cm³/mol. The van der Waals surface area contributed by atoms with E-state index in [9.17, 15) is 4.79 Å². The van der Waals surface area contributed by atoms with Crippen LogP contribution in [0, 0.1) is 0 Å². The van der Waals surface area contributed by atoms with E-state index < -0.39 is 0 Å². The number of nitrogens with zero attached hydrogens (tertiary/aromatic N) is 2. The molecule has 1 aliphatic rings. The number of piperidine rings is 1. The fourth-order valence-electron chi connectivity index (χ4n) is 2.92. The molecular formula is C18H22N2O2. The summed E-state index contributed by atoms with van der Waals surface area (Å²) in [5.41, 5.74) is 1.39. The third-order valence-electron chi connectivity index (χ3n) is 4.18. The molecule has 116 valence electrons. The topological polar surface area (TPSA) is 46.3 Å². The van der Waals surface area contributed by atoms with E-state index in [-0.39, 0.29) is 5.78 Å². The summed E-state index contributed by atoms with van der Waals surface area (Å²) in [4.78, 5) is 14.6. The zero-order chi connectivity index (χ0) is 15.2. The number of rotatable bonds is 6. The molecule has 2 aromatic rings. The number of carbonyl (C=O) groups is 1. The van der Waals surface area contributed by atoms with Crippen molar-refractivity contribution in [3.8, 4) is 11.3 Å². The molecule has 0 radical (unpaired) electrons. The van der Waals surface area contributed by atoms with E-state index >= 15 is 0 Å². The monoisotopic (exact) mass is 298 g/mol. The summed E-state index contributed by atoms with van der Waals surface area (Å²) in [5, 5.41) is 3.92. The molecule has 2 heterocycles. The Morgan fingerprint density at radius 2 is 1.91 bits per heavy atom. The Balaban J connectivity index is 1.51. The van der Waals surface area contributed by atoms with Crippen LogP contribution in [-0.2, 0) is 0 Å². The van der Waals surface area contributed by atoms with Gasteiger partial charge in [-0.3, -0.25) is 4.79 Å². The van der Waals surface area contributed by atoms with Crippen LogP contribution in [0.25, 0.3) is 11.3 Å². The van der Waals surface area contributed by atoms with Gasteiger partial charge in [0.1, 0.15) is 5.69 Å². The van der Waals surface area contributed by atoms with Gasteiger partial charge >= 0.3 is 0 Å². The summed E-state index contributed by atoms with van der Waals surface area (Å²) >= 11 is 0. The maximum Gasteiger partial charge on any atom is 0.184 e. The Labute approximate surface area is 131 Å². The average Bonchev–Trinajstić information content (AvgIpc) is 3.07. The zero-order valence-electron chi connectivity index (χ0n) is 12.8. The van der Waals surface area contributed by atoms with E-state index in [1.165, 1.54) is 32.4 Å². The molecule has 0 spiro atoms. The Morgan fingerprint density at radius 1 is 1.14 bits per heavy atom. The van der Waals surface area contributed by atoms with Gasteiger partial charge < -0.3 is 9.42 Å². The maximum atomic E-state index is 12.2. The van der Waals surface area contributed by atoms with Crippen LogP contribution < -0.4 is 0 Å². The lowest BCUT2D eigenvalue weighted by Crippen LogP contribution is -2.30. The van der Waals surface area contributed by atoms with Gasteiger partial charge in [-0.25, -0.2) is 0 Å². The van der Waals surface area contributed by atoms with Gasteiger partial charge in [-0.05, 0) is 38.9 Å². The van der Waals surface area contributed by atoms with Gasteiger partial charge in [-0.2, -0.15) is 0 Å². The number of likely N-dealkylation sites (tertiary alicyclic amines) is 1. The normalized spacial score (nSPS) is 15.8. The molecule has 0 bridgehead atoms. The first-order valence-corrected chi connectivity index (χ1v) is 8.10. The second-order valence-corrected chi connectivity index (χ2v) is 5.87. The Morgan fingerprint density at radius 3 is 2.68 bits per heavy atom. The van der Waals surface area contributed by atoms with Crippen molar-refractivity contribution in [3.05, 3.63) is 42.1 Å². The van der Waals surface area contributed by atoms with E-state index in [4.69, 9.17) is 4.52 Å². The molecule has 0 amide bonds. The van der Waals surface area contributed by atoms with Crippen LogP contribution in [0.4, 0.5) is 0 Å². The molecule has 4 heteroatoms. The van der Waals surface area contributed by atoms with E-state index in [1.807, 2.05) is 30.3 Å². The highest BCUT2D eigenvalue weighted by atomic mass is 16.5. The number of ketones is 1. The molecule has 22 heavy (non-hydrogen) atoms. The molecule has 1 aromatic heterocycles. The highest BCUT2D eigenvalue weighted by Crippen LogP contribution is 2.20. The third kappa shape index (κ3) is 3.83. The van der Waals surface area contributed by atoms with Gasteiger partial charge in [-0.1, -0.05) is 41.9 Å². The average molecular weight is 298 g/mol. The minimum absolute atomic E-state index is 0.0722. The molecule has 0 aliphatic carbocycles.